The van der Waals surface area contributed by atoms with Gasteiger partial charge in [-0.05, 0) is 17.5 Å². The average Bonchev–Trinajstić information content (AvgIpc) is 2.36. The summed E-state index contributed by atoms with van der Waals surface area (Å²) in [5, 5.41) is 0. The molecule has 1 rings (SSSR count). The Labute approximate surface area is 111 Å². The molecule has 0 aliphatic rings. The third kappa shape index (κ3) is 4.95. The van der Waals surface area contributed by atoms with E-state index in [1.807, 2.05) is 0 Å². The molecule has 1 atom stereocenters. The smallest absolute Gasteiger partial charge is 0.302 e. The van der Waals surface area contributed by atoms with Gasteiger partial charge in [-0.25, -0.2) is 0 Å². The minimum Gasteiger partial charge on any atom is -0.465 e. The molecule has 0 aliphatic heterocycles. The standard InChI is InChI=1S/C15H23BO2/c1-3-4-13-5-7-14(8-6-13)15(9-10-16)11-18-12(2)17/h5-8,15H,3-4,9-11,16H2,1-2H3. The van der Waals surface area contributed by atoms with Crippen molar-refractivity contribution in [3.8, 4) is 0 Å². The van der Waals surface area contributed by atoms with Gasteiger partial charge in [0.25, 0.3) is 0 Å². The van der Waals surface area contributed by atoms with Crippen molar-refractivity contribution in [3.05, 3.63) is 35.4 Å². The molecule has 1 aromatic rings. The molecule has 0 amide bonds. The number of ether oxygens (including phenoxy) is 1. The first-order valence-corrected chi connectivity index (χ1v) is 6.89. The zero-order valence-electron chi connectivity index (χ0n) is 11.7. The van der Waals surface area contributed by atoms with Gasteiger partial charge in [-0.15, -0.1) is 0 Å². The molecule has 18 heavy (non-hydrogen) atoms. The van der Waals surface area contributed by atoms with Gasteiger partial charge >= 0.3 is 5.97 Å². The summed E-state index contributed by atoms with van der Waals surface area (Å²) in [6.07, 6.45) is 4.46. The maximum atomic E-state index is 10.9. The molecule has 0 spiro atoms. The van der Waals surface area contributed by atoms with Crippen molar-refractivity contribution >= 4 is 13.8 Å². The summed E-state index contributed by atoms with van der Waals surface area (Å²) < 4.78 is 5.15. The van der Waals surface area contributed by atoms with Gasteiger partial charge in [-0.2, -0.15) is 0 Å². The zero-order valence-corrected chi connectivity index (χ0v) is 11.7. The van der Waals surface area contributed by atoms with Gasteiger partial charge < -0.3 is 4.74 Å². The molecular weight excluding hydrogens is 223 g/mol. The molecule has 0 bridgehead atoms. The summed E-state index contributed by atoms with van der Waals surface area (Å²) in [6, 6.07) is 8.73. The Morgan fingerprint density at radius 1 is 1.33 bits per heavy atom. The highest BCUT2D eigenvalue weighted by Gasteiger charge is 2.12. The largest absolute Gasteiger partial charge is 0.465 e. The van der Waals surface area contributed by atoms with Crippen LogP contribution in [0.5, 0.6) is 0 Å². The van der Waals surface area contributed by atoms with Gasteiger partial charge in [0.15, 0.2) is 0 Å². The van der Waals surface area contributed by atoms with E-state index in [-0.39, 0.29) is 5.97 Å². The van der Waals surface area contributed by atoms with Crippen LogP contribution in [0.15, 0.2) is 24.3 Å². The van der Waals surface area contributed by atoms with Crippen LogP contribution >= 0.6 is 0 Å². The van der Waals surface area contributed by atoms with E-state index in [4.69, 9.17) is 4.74 Å². The van der Waals surface area contributed by atoms with Gasteiger partial charge in [0.1, 0.15) is 7.85 Å². The summed E-state index contributed by atoms with van der Waals surface area (Å²) in [5.41, 5.74) is 2.65. The van der Waals surface area contributed by atoms with Crippen LogP contribution in [0.25, 0.3) is 0 Å². The summed E-state index contributed by atoms with van der Waals surface area (Å²) in [4.78, 5) is 10.9. The highest BCUT2D eigenvalue weighted by atomic mass is 16.5. The molecule has 0 saturated heterocycles. The first kappa shape index (κ1) is 14.8. The first-order valence-electron chi connectivity index (χ1n) is 6.89. The maximum absolute atomic E-state index is 10.9. The van der Waals surface area contributed by atoms with Crippen LogP contribution in [0.3, 0.4) is 0 Å². The van der Waals surface area contributed by atoms with E-state index < -0.39 is 0 Å². The van der Waals surface area contributed by atoms with Crippen LogP contribution in [0.1, 0.15) is 43.7 Å². The molecular formula is C15H23BO2. The highest BCUT2D eigenvalue weighted by Crippen LogP contribution is 2.22. The molecule has 1 unspecified atom stereocenters. The van der Waals surface area contributed by atoms with Crippen molar-refractivity contribution in [3.63, 3.8) is 0 Å². The van der Waals surface area contributed by atoms with Crippen LogP contribution in [0, 0.1) is 0 Å². The predicted molar refractivity (Wildman–Crippen MR) is 77.8 cm³/mol. The second kappa shape index (κ2) is 7.96. The lowest BCUT2D eigenvalue weighted by Gasteiger charge is -2.16. The number of benzene rings is 1. The van der Waals surface area contributed by atoms with Gasteiger partial charge in [0.05, 0.1) is 6.61 Å². The van der Waals surface area contributed by atoms with E-state index >= 15 is 0 Å². The Morgan fingerprint density at radius 2 is 2.00 bits per heavy atom. The topological polar surface area (TPSA) is 26.3 Å². The average molecular weight is 246 g/mol. The number of hydrogen-bond acceptors (Lipinski definition) is 2. The Hall–Kier alpha value is -1.25. The second-order valence-electron chi connectivity index (χ2n) is 4.78. The van der Waals surface area contributed by atoms with Crippen LogP contribution in [0.2, 0.25) is 6.32 Å². The lowest BCUT2D eigenvalue weighted by atomic mass is 9.88. The van der Waals surface area contributed by atoms with E-state index in [9.17, 15) is 4.79 Å². The van der Waals surface area contributed by atoms with E-state index in [1.165, 1.54) is 24.5 Å². The Balaban J connectivity index is 2.68. The van der Waals surface area contributed by atoms with Crippen LogP contribution < -0.4 is 0 Å². The molecule has 0 aromatic heterocycles. The summed E-state index contributed by atoms with van der Waals surface area (Å²) in [7, 11) is 2.16. The van der Waals surface area contributed by atoms with Gasteiger partial charge in [0.2, 0.25) is 0 Å². The highest BCUT2D eigenvalue weighted by molar-refractivity contribution is 6.08. The quantitative estimate of drug-likeness (QED) is 0.546. The van der Waals surface area contributed by atoms with Crippen molar-refractivity contribution < 1.29 is 9.53 Å². The van der Waals surface area contributed by atoms with Crippen molar-refractivity contribution in [2.45, 2.75) is 45.3 Å². The summed E-state index contributed by atoms with van der Waals surface area (Å²) in [5.74, 6) is 0.133. The first-order chi connectivity index (χ1) is 8.67. The fraction of sp³-hybridized carbons (Fsp3) is 0.533. The molecule has 0 fully saturated rings. The van der Waals surface area contributed by atoms with E-state index in [0.29, 0.717) is 12.5 Å². The fourth-order valence-corrected chi connectivity index (χ4v) is 2.16. The van der Waals surface area contributed by atoms with Crippen molar-refractivity contribution in [2.75, 3.05) is 6.61 Å². The Kier molecular flexibility index (Phi) is 6.55. The SMILES string of the molecule is BCCC(COC(C)=O)c1ccc(CCC)cc1. The molecule has 0 aliphatic carbocycles. The molecule has 0 radical (unpaired) electrons. The third-order valence-electron chi connectivity index (χ3n) is 3.11. The van der Waals surface area contributed by atoms with Crippen molar-refractivity contribution in [1.29, 1.82) is 0 Å². The lowest BCUT2D eigenvalue weighted by molar-refractivity contribution is -0.141. The summed E-state index contributed by atoms with van der Waals surface area (Å²) in [6.45, 7) is 4.15. The van der Waals surface area contributed by atoms with Gasteiger partial charge in [-0.1, -0.05) is 50.4 Å². The van der Waals surface area contributed by atoms with E-state index in [0.717, 1.165) is 19.2 Å². The lowest BCUT2D eigenvalue weighted by Crippen LogP contribution is -2.11. The molecule has 98 valence electrons. The van der Waals surface area contributed by atoms with E-state index in [1.54, 1.807) is 0 Å². The molecule has 0 heterocycles. The molecule has 0 saturated carbocycles. The summed E-state index contributed by atoms with van der Waals surface area (Å²) >= 11 is 0. The van der Waals surface area contributed by atoms with Crippen LogP contribution in [-0.2, 0) is 16.0 Å². The number of carbonyl (C=O) groups excluding carboxylic acids is 1. The number of carbonyl (C=O) groups is 1. The number of rotatable bonds is 7. The van der Waals surface area contributed by atoms with Crippen molar-refractivity contribution in [2.24, 2.45) is 0 Å². The molecule has 2 nitrogen and oxygen atoms in total. The monoisotopic (exact) mass is 246 g/mol. The minimum absolute atomic E-state index is 0.196. The number of hydrogen-bond donors (Lipinski definition) is 0. The predicted octanol–water partition coefficient (Wildman–Crippen LogP) is 2.73. The van der Waals surface area contributed by atoms with Gasteiger partial charge in [0, 0.05) is 12.8 Å². The Morgan fingerprint density at radius 3 is 2.50 bits per heavy atom. The number of aryl methyl sites for hydroxylation is 1. The Bertz CT molecular complexity index is 359. The van der Waals surface area contributed by atoms with Crippen molar-refractivity contribution in [1.82, 2.24) is 0 Å². The third-order valence-corrected chi connectivity index (χ3v) is 3.11. The van der Waals surface area contributed by atoms with Crippen LogP contribution in [0.4, 0.5) is 0 Å². The molecule has 0 N–H and O–H groups in total. The minimum atomic E-state index is -0.196. The molecule has 3 heteroatoms. The van der Waals surface area contributed by atoms with E-state index in [2.05, 4.69) is 39.0 Å². The fourth-order valence-electron chi connectivity index (χ4n) is 2.16. The normalized spacial score (nSPS) is 12.1. The maximum Gasteiger partial charge on any atom is 0.302 e. The van der Waals surface area contributed by atoms with Crippen LogP contribution in [-0.4, -0.2) is 20.4 Å². The van der Waals surface area contributed by atoms with Gasteiger partial charge in [-0.3, -0.25) is 4.79 Å². The second-order valence-corrected chi connectivity index (χ2v) is 4.78. The molecule has 1 aromatic carbocycles. The zero-order chi connectivity index (χ0) is 13.4. The number of esters is 1.